The molecule has 13 heavy (non-hydrogen) atoms. The van der Waals surface area contributed by atoms with Crippen LogP contribution < -0.4 is 0 Å². The largest absolute Gasteiger partial charge is 0.294 e. The number of ketones is 1. The van der Waals surface area contributed by atoms with Gasteiger partial charge in [0.1, 0.15) is 0 Å². The van der Waals surface area contributed by atoms with Crippen molar-refractivity contribution >= 4 is 37.6 Å². The van der Waals surface area contributed by atoms with E-state index in [-0.39, 0.29) is 5.78 Å². The fraction of sp³-hybridized carbons (Fsp3) is 0.300. The van der Waals surface area contributed by atoms with Gasteiger partial charge in [0.25, 0.3) is 0 Å². The molecular formula is C10H10Br2O. The standard InChI is InChI=1S/C10H10Br2O/c1-2-3-10(13)7-4-8(11)6-9(12)5-7/h4-6H,2-3H2,1H3. The van der Waals surface area contributed by atoms with Crippen LogP contribution in [0, 0.1) is 0 Å². The second-order valence-corrected chi connectivity index (χ2v) is 4.66. The van der Waals surface area contributed by atoms with E-state index in [0.717, 1.165) is 20.9 Å². The normalized spacial score (nSPS) is 10.1. The van der Waals surface area contributed by atoms with E-state index in [1.54, 1.807) is 0 Å². The Bertz CT molecular complexity index is 300. The molecule has 0 N–H and O–H groups in total. The van der Waals surface area contributed by atoms with Crippen LogP contribution in [0.1, 0.15) is 30.1 Å². The zero-order valence-electron chi connectivity index (χ0n) is 7.31. The lowest BCUT2D eigenvalue weighted by Crippen LogP contribution is -1.97. The monoisotopic (exact) mass is 304 g/mol. The summed E-state index contributed by atoms with van der Waals surface area (Å²) in [7, 11) is 0. The fourth-order valence-corrected chi connectivity index (χ4v) is 2.38. The highest BCUT2D eigenvalue weighted by atomic mass is 79.9. The number of hydrogen-bond donors (Lipinski definition) is 0. The van der Waals surface area contributed by atoms with E-state index in [1.807, 2.05) is 25.1 Å². The Labute approximate surface area is 94.8 Å². The van der Waals surface area contributed by atoms with E-state index < -0.39 is 0 Å². The summed E-state index contributed by atoms with van der Waals surface area (Å²) in [5, 5.41) is 0. The molecule has 1 aromatic rings. The van der Waals surface area contributed by atoms with Gasteiger partial charge in [0.2, 0.25) is 0 Å². The molecule has 0 heterocycles. The number of halogens is 2. The van der Waals surface area contributed by atoms with Crippen LogP contribution in [0.4, 0.5) is 0 Å². The summed E-state index contributed by atoms with van der Waals surface area (Å²) in [6.07, 6.45) is 1.51. The minimum atomic E-state index is 0.199. The van der Waals surface area contributed by atoms with Crippen LogP contribution in [0.3, 0.4) is 0 Å². The van der Waals surface area contributed by atoms with E-state index in [1.165, 1.54) is 0 Å². The van der Waals surface area contributed by atoms with Crippen LogP contribution in [0.25, 0.3) is 0 Å². The highest BCUT2D eigenvalue weighted by Gasteiger charge is 2.05. The lowest BCUT2D eigenvalue weighted by atomic mass is 10.1. The zero-order valence-corrected chi connectivity index (χ0v) is 10.5. The molecule has 0 amide bonds. The van der Waals surface area contributed by atoms with Gasteiger partial charge >= 0.3 is 0 Å². The van der Waals surface area contributed by atoms with Crippen molar-refractivity contribution in [3.63, 3.8) is 0 Å². The van der Waals surface area contributed by atoms with E-state index >= 15 is 0 Å². The molecule has 0 saturated carbocycles. The molecule has 70 valence electrons. The average molecular weight is 306 g/mol. The van der Waals surface area contributed by atoms with Gasteiger partial charge in [0.05, 0.1) is 0 Å². The molecule has 0 aliphatic rings. The summed E-state index contributed by atoms with van der Waals surface area (Å²) in [5.74, 6) is 0.199. The second-order valence-electron chi connectivity index (χ2n) is 2.83. The van der Waals surface area contributed by atoms with Crippen molar-refractivity contribution in [3.05, 3.63) is 32.7 Å². The molecule has 0 aliphatic carbocycles. The van der Waals surface area contributed by atoms with Crippen molar-refractivity contribution in [3.8, 4) is 0 Å². The highest BCUT2D eigenvalue weighted by Crippen LogP contribution is 2.21. The van der Waals surface area contributed by atoms with Crippen molar-refractivity contribution < 1.29 is 4.79 Å². The number of carbonyl (C=O) groups is 1. The summed E-state index contributed by atoms with van der Waals surface area (Å²) in [6, 6.07) is 5.62. The lowest BCUT2D eigenvalue weighted by molar-refractivity contribution is 0.0981. The van der Waals surface area contributed by atoms with E-state index in [4.69, 9.17) is 0 Å². The molecule has 0 radical (unpaired) electrons. The topological polar surface area (TPSA) is 17.1 Å². The molecule has 0 saturated heterocycles. The van der Waals surface area contributed by atoms with Gasteiger partial charge in [-0.15, -0.1) is 0 Å². The van der Waals surface area contributed by atoms with Gasteiger partial charge in [0.15, 0.2) is 5.78 Å². The summed E-state index contributed by atoms with van der Waals surface area (Å²) in [5.41, 5.74) is 0.767. The van der Waals surface area contributed by atoms with Crippen molar-refractivity contribution in [1.29, 1.82) is 0 Å². The first kappa shape index (κ1) is 10.9. The van der Waals surface area contributed by atoms with Crippen molar-refractivity contribution in [2.24, 2.45) is 0 Å². The number of rotatable bonds is 3. The predicted octanol–water partition coefficient (Wildman–Crippen LogP) is 4.19. The third-order valence-electron chi connectivity index (χ3n) is 1.66. The van der Waals surface area contributed by atoms with Crippen LogP contribution in [0.5, 0.6) is 0 Å². The first-order valence-electron chi connectivity index (χ1n) is 4.12. The third-order valence-corrected chi connectivity index (χ3v) is 2.58. The molecule has 0 fully saturated rings. The van der Waals surface area contributed by atoms with Gasteiger partial charge in [-0.3, -0.25) is 4.79 Å². The van der Waals surface area contributed by atoms with E-state index in [9.17, 15) is 4.79 Å². The number of benzene rings is 1. The van der Waals surface area contributed by atoms with Gasteiger partial charge in [-0.05, 0) is 24.6 Å². The van der Waals surface area contributed by atoms with Crippen molar-refractivity contribution in [2.45, 2.75) is 19.8 Å². The first-order chi connectivity index (χ1) is 6.13. The fourth-order valence-electron chi connectivity index (χ4n) is 1.09. The molecule has 0 aliphatic heterocycles. The van der Waals surface area contributed by atoms with Crippen LogP contribution in [0.15, 0.2) is 27.1 Å². The predicted molar refractivity (Wildman–Crippen MR) is 61.1 cm³/mol. The van der Waals surface area contributed by atoms with Crippen LogP contribution in [0.2, 0.25) is 0 Å². The van der Waals surface area contributed by atoms with Gasteiger partial charge in [0, 0.05) is 20.9 Å². The Morgan fingerprint density at radius 1 is 1.23 bits per heavy atom. The third kappa shape index (κ3) is 3.24. The summed E-state index contributed by atoms with van der Waals surface area (Å²) >= 11 is 6.70. The van der Waals surface area contributed by atoms with Crippen LogP contribution in [-0.4, -0.2) is 5.78 Å². The molecule has 0 spiro atoms. The average Bonchev–Trinajstić information content (AvgIpc) is 2.03. The second kappa shape index (κ2) is 4.91. The van der Waals surface area contributed by atoms with Crippen molar-refractivity contribution in [2.75, 3.05) is 0 Å². The van der Waals surface area contributed by atoms with E-state index in [0.29, 0.717) is 6.42 Å². The Hall–Kier alpha value is -0.150. The smallest absolute Gasteiger partial charge is 0.162 e. The number of carbonyl (C=O) groups excluding carboxylic acids is 1. The van der Waals surface area contributed by atoms with Gasteiger partial charge in [-0.1, -0.05) is 38.8 Å². The van der Waals surface area contributed by atoms with Crippen molar-refractivity contribution in [1.82, 2.24) is 0 Å². The molecule has 3 heteroatoms. The molecular weight excluding hydrogens is 296 g/mol. The number of Topliss-reactive ketones (excluding diaryl/α,β-unsaturated/α-hetero) is 1. The minimum absolute atomic E-state index is 0.199. The maximum absolute atomic E-state index is 11.5. The Balaban J connectivity index is 2.94. The molecule has 0 bridgehead atoms. The van der Waals surface area contributed by atoms with Gasteiger partial charge in [-0.25, -0.2) is 0 Å². The minimum Gasteiger partial charge on any atom is -0.294 e. The Morgan fingerprint density at radius 2 is 1.77 bits per heavy atom. The maximum Gasteiger partial charge on any atom is 0.162 e. The van der Waals surface area contributed by atoms with E-state index in [2.05, 4.69) is 31.9 Å². The summed E-state index contributed by atoms with van der Waals surface area (Å²) < 4.78 is 1.86. The van der Waals surface area contributed by atoms with Gasteiger partial charge in [-0.2, -0.15) is 0 Å². The van der Waals surface area contributed by atoms with Crippen LogP contribution >= 0.6 is 31.9 Å². The maximum atomic E-state index is 11.5. The molecule has 0 unspecified atom stereocenters. The zero-order chi connectivity index (χ0) is 9.84. The summed E-state index contributed by atoms with van der Waals surface area (Å²) in [4.78, 5) is 11.5. The summed E-state index contributed by atoms with van der Waals surface area (Å²) in [6.45, 7) is 2.00. The molecule has 1 nitrogen and oxygen atoms in total. The molecule has 1 aromatic carbocycles. The quantitative estimate of drug-likeness (QED) is 0.765. The SMILES string of the molecule is CCCC(=O)c1cc(Br)cc(Br)c1. The molecule has 1 rings (SSSR count). The van der Waals surface area contributed by atoms with Crippen LogP contribution in [-0.2, 0) is 0 Å². The van der Waals surface area contributed by atoms with Gasteiger partial charge < -0.3 is 0 Å². The first-order valence-corrected chi connectivity index (χ1v) is 5.71. The molecule has 0 atom stereocenters. The Morgan fingerprint density at radius 3 is 2.23 bits per heavy atom. The molecule has 0 aromatic heterocycles. The number of hydrogen-bond acceptors (Lipinski definition) is 1. The lowest BCUT2D eigenvalue weighted by Gasteiger charge is -2.01. The Kier molecular flexibility index (Phi) is 4.13. The highest BCUT2D eigenvalue weighted by molar-refractivity contribution is 9.11.